The molecule has 1 aromatic carbocycles. The van der Waals surface area contributed by atoms with Gasteiger partial charge in [0.05, 0.1) is 23.7 Å². The predicted octanol–water partition coefficient (Wildman–Crippen LogP) is 3.65. The van der Waals surface area contributed by atoms with Crippen molar-refractivity contribution >= 4 is 17.3 Å². The van der Waals surface area contributed by atoms with Gasteiger partial charge in [0.25, 0.3) is 0 Å². The number of benzene rings is 1. The van der Waals surface area contributed by atoms with E-state index in [1.165, 1.54) is 11.3 Å². The summed E-state index contributed by atoms with van der Waals surface area (Å²) >= 11 is 0. The van der Waals surface area contributed by atoms with Crippen LogP contribution in [0.2, 0.25) is 0 Å². The molecule has 0 saturated carbocycles. The largest absolute Gasteiger partial charge is 0.387 e. The van der Waals surface area contributed by atoms with E-state index in [1.807, 2.05) is 17.0 Å². The Balaban J connectivity index is 1.41. The second-order valence-electron chi connectivity index (χ2n) is 9.20. The number of unbranched alkanes of at least 4 members (excludes halogenated alkanes) is 1. The molecule has 2 atom stereocenters. The lowest BCUT2D eigenvalue weighted by molar-refractivity contribution is -0.120. The lowest BCUT2D eigenvalue weighted by Gasteiger charge is -2.35. The van der Waals surface area contributed by atoms with Crippen LogP contribution in [-0.2, 0) is 11.2 Å². The number of carbonyl (C=O) groups is 1. The molecular formula is C26H36N4O2. The minimum Gasteiger partial charge on any atom is -0.387 e. The van der Waals surface area contributed by atoms with Gasteiger partial charge in [-0.1, -0.05) is 38.0 Å². The summed E-state index contributed by atoms with van der Waals surface area (Å²) in [6.45, 7) is 7.03. The fourth-order valence-electron chi connectivity index (χ4n) is 4.79. The fourth-order valence-corrected chi connectivity index (χ4v) is 4.79. The molecule has 1 unspecified atom stereocenters. The maximum atomic E-state index is 13.2. The molecule has 0 spiro atoms. The third kappa shape index (κ3) is 5.13. The van der Waals surface area contributed by atoms with Crippen LogP contribution in [0, 0.1) is 5.92 Å². The van der Waals surface area contributed by atoms with Crippen LogP contribution < -0.4 is 9.80 Å². The number of nitrogens with zero attached hydrogens (tertiary/aromatic N) is 4. The second-order valence-corrected chi connectivity index (χ2v) is 9.20. The first-order valence-electron chi connectivity index (χ1n) is 12.0. The van der Waals surface area contributed by atoms with Crippen molar-refractivity contribution in [1.29, 1.82) is 0 Å². The normalized spacial score (nSPS) is 20.7. The Morgan fingerprint density at radius 1 is 1.09 bits per heavy atom. The molecule has 6 heteroatoms. The van der Waals surface area contributed by atoms with E-state index in [4.69, 9.17) is 0 Å². The predicted molar refractivity (Wildman–Crippen MR) is 129 cm³/mol. The number of aromatic nitrogens is 1. The summed E-state index contributed by atoms with van der Waals surface area (Å²) in [5.74, 6) is 0.178. The quantitative estimate of drug-likeness (QED) is 0.684. The average Bonchev–Trinajstić information content (AvgIpc) is 3.18. The molecule has 172 valence electrons. The molecule has 32 heavy (non-hydrogen) atoms. The van der Waals surface area contributed by atoms with Gasteiger partial charge in [-0.2, -0.15) is 0 Å². The van der Waals surface area contributed by atoms with Crippen molar-refractivity contribution in [2.24, 2.45) is 5.92 Å². The maximum absolute atomic E-state index is 13.2. The van der Waals surface area contributed by atoms with E-state index >= 15 is 0 Å². The highest BCUT2D eigenvalue weighted by atomic mass is 16.3. The zero-order chi connectivity index (χ0) is 22.5. The molecule has 2 fully saturated rings. The lowest BCUT2D eigenvalue weighted by atomic mass is 9.96. The topological polar surface area (TPSA) is 59.9 Å². The van der Waals surface area contributed by atoms with Crippen molar-refractivity contribution in [2.75, 3.05) is 49.6 Å². The smallest absolute Gasteiger partial charge is 0.230 e. The summed E-state index contributed by atoms with van der Waals surface area (Å²) in [7, 11) is 2.17. The summed E-state index contributed by atoms with van der Waals surface area (Å²) in [6.07, 6.45) is 5.60. The van der Waals surface area contributed by atoms with Gasteiger partial charge in [0.2, 0.25) is 5.91 Å². The first-order valence-corrected chi connectivity index (χ1v) is 12.0. The Labute approximate surface area is 191 Å². The van der Waals surface area contributed by atoms with Gasteiger partial charge in [-0.05, 0) is 50.1 Å². The first kappa shape index (κ1) is 22.7. The van der Waals surface area contributed by atoms with Crippen LogP contribution in [0.25, 0.3) is 0 Å². The number of hydrogen-bond acceptors (Lipinski definition) is 5. The highest BCUT2D eigenvalue weighted by Gasteiger charge is 2.33. The van der Waals surface area contributed by atoms with Crippen molar-refractivity contribution in [2.45, 2.75) is 45.1 Å². The molecule has 6 nitrogen and oxygen atoms in total. The van der Waals surface area contributed by atoms with Crippen LogP contribution >= 0.6 is 0 Å². The Morgan fingerprint density at radius 3 is 2.59 bits per heavy atom. The van der Waals surface area contributed by atoms with E-state index in [-0.39, 0.29) is 11.8 Å². The standard InChI is InChI=1S/C26H36N4O2/c1-3-4-9-25(31)23-11-10-22(19-27-23)30-13-12-21(26(30)32)18-20-7-5-6-8-24(20)29-16-14-28(2)15-17-29/h5-8,10-11,19,21,25,31H,3-4,9,12-18H2,1-2H3/t21-,25?/m1/s1. The molecule has 0 bridgehead atoms. The SMILES string of the molecule is CCCCC(O)c1ccc(N2CC[C@H](Cc3ccccc3N3CCN(C)CC3)C2=O)cn1. The number of aliphatic hydroxyl groups excluding tert-OH is 1. The molecule has 2 saturated heterocycles. The van der Waals surface area contributed by atoms with Crippen molar-refractivity contribution in [3.63, 3.8) is 0 Å². The summed E-state index contributed by atoms with van der Waals surface area (Å²) in [4.78, 5) is 24.4. The van der Waals surface area contributed by atoms with Crippen LogP contribution in [-0.4, -0.2) is 60.7 Å². The van der Waals surface area contributed by atoms with Crippen LogP contribution in [0.3, 0.4) is 0 Å². The summed E-state index contributed by atoms with van der Waals surface area (Å²) in [6, 6.07) is 12.3. The molecule has 1 amide bonds. The van der Waals surface area contributed by atoms with E-state index < -0.39 is 6.10 Å². The number of amides is 1. The third-order valence-electron chi connectivity index (χ3n) is 6.87. The average molecular weight is 437 g/mol. The van der Waals surface area contributed by atoms with E-state index in [0.717, 1.165) is 70.5 Å². The number of anilines is 2. The number of piperazine rings is 1. The Hall–Kier alpha value is -2.44. The molecule has 0 aliphatic carbocycles. The molecule has 0 radical (unpaired) electrons. The van der Waals surface area contributed by atoms with Crippen molar-refractivity contribution in [1.82, 2.24) is 9.88 Å². The van der Waals surface area contributed by atoms with Gasteiger partial charge in [-0.15, -0.1) is 0 Å². The molecule has 2 aliphatic rings. The summed E-state index contributed by atoms with van der Waals surface area (Å²) in [5.41, 5.74) is 4.06. The number of likely N-dealkylation sites (N-methyl/N-ethyl adjacent to an activating group) is 1. The Kier molecular flexibility index (Phi) is 7.43. The van der Waals surface area contributed by atoms with Gasteiger partial charge < -0.3 is 19.8 Å². The van der Waals surface area contributed by atoms with E-state index in [2.05, 4.69) is 53.0 Å². The minimum atomic E-state index is -0.530. The van der Waals surface area contributed by atoms with Gasteiger partial charge in [-0.3, -0.25) is 9.78 Å². The molecule has 1 N–H and O–H groups in total. The lowest BCUT2D eigenvalue weighted by Crippen LogP contribution is -2.44. The van der Waals surface area contributed by atoms with Crippen molar-refractivity contribution < 1.29 is 9.90 Å². The molecule has 2 aromatic rings. The molecule has 3 heterocycles. The number of hydrogen-bond donors (Lipinski definition) is 1. The van der Waals surface area contributed by atoms with Gasteiger partial charge >= 0.3 is 0 Å². The van der Waals surface area contributed by atoms with E-state index in [0.29, 0.717) is 5.69 Å². The highest BCUT2D eigenvalue weighted by molar-refractivity contribution is 5.97. The van der Waals surface area contributed by atoms with Gasteiger partial charge in [0.15, 0.2) is 0 Å². The number of carbonyl (C=O) groups excluding carboxylic acids is 1. The molecular weight excluding hydrogens is 400 g/mol. The monoisotopic (exact) mass is 436 g/mol. The van der Waals surface area contributed by atoms with E-state index in [9.17, 15) is 9.90 Å². The summed E-state index contributed by atoms with van der Waals surface area (Å²) < 4.78 is 0. The summed E-state index contributed by atoms with van der Waals surface area (Å²) in [5, 5.41) is 10.3. The van der Waals surface area contributed by atoms with Crippen molar-refractivity contribution in [3.05, 3.63) is 53.9 Å². The van der Waals surface area contributed by atoms with Crippen LogP contribution in [0.5, 0.6) is 0 Å². The zero-order valence-electron chi connectivity index (χ0n) is 19.4. The van der Waals surface area contributed by atoms with Gasteiger partial charge in [0.1, 0.15) is 0 Å². The second kappa shape index (κ2) is 10.5. The Morgan fingerprint density at radius 2 is 1.88 bits per heavy atom. The van der Waals surface area contributed by atoms with Crippen LogP contribution in [0.15, 0.2) is 42.6 Å². The third-order valence-corrected chi connectivity index (χ3v) is 6.87. The first-order chi connectivity index (χ1) is 15.6. The van der Waals surface area contributed by atoms with Gasteiger partial charge in [0, 0.05) is 44.3 Å². The Bertz CT molecular complexity index is 893. The highest BCUT2D eigenvalue weighted by Crippen LogP contribution is 2.31. The molecule has 1 aromatic heterocycles. The van der Waals surface area contributed by atoms with Crippen LogP contribution in [0.4, 0.5) is 11.4 Å². The number of rotatable bonds is 8. The fraction of sp³-hybridized carbons (Fsp3) is 0.538. The number of aliphatic hydroxyl groups is 1. The van der Waals surface area contributed by atoms with Gasteiger partial charge in [-0.25, -0.2) is 0 Å². The van der Waals surface area contributed by atoms with Crippen LogP contribution in [0.1, 0.15) is 50.0 Å². The zero-order valence-corrected chi connectivity index (χ0v) is 19.4. The minimum absolute atomic E-state index is 0.00145. The number of pyridine rings is 1. The molecule has 4 rings (SSSR count). The maximum Gasteiger partial charge on any atom is 0.230 e. The van der Waals surface area contributed by atoms with Crippen molar-refractivity contribution in [3.8, 4) is 0 Å². The number of para-hydroxylation sites is 1. The molecule has 2 aliphatic heterocycles. The van der Waals surface area contributed by atoms with E-state index in [1.54, 1.807) is 6.20 Å².